The number of aliphatic imine (C=N–C) groups is 1. The van der Waals surface area contributed by atoms with Crippen molar-refractivity contribution >= 4 is 28.9 Å². The average Bonchev–Trinajstić information content (AvgIpc) is 2.78. The monoisotopic (exact) mass is 291 g/mol. The van der Waals surface area contributed by atoms with Crippen molar-refractivity contribution in [2.24, 2.45) is 4.99 Å². The Balaban J connectivity index is 2.48. The van der Waals surface area contributed by atoms with E-state index < -0.39 is 0 Å². The van der Waals surface area contributed by atoms with E-state index in [9.17, 15) is 4.79 Å². The van der Waals surface area contributed by atoms with Gasteiger partial charge in [0.1, 0.15) is 0 Å². The Kier molecular flexibility index (Phi) is 3.49. The second-order valence-electron chi connectivity index (χ2n) is 3.47. The molecule has 0 fully saturated rings. The Morgan fingerprint density at radius 1 is 1.53 bits per heavy atom. The predicted molar refractivity (Wildman–Crippen MR) is 69.9 cm³/mol. The molecule has 0 aliphatic heterocycles. The first-order valence-electron chi connectivity index (χ1n) is 4.96. The van der Waals surface area contributed by atoms with Crippen molar-refractivity contribution in [3.05, 3.63) is 46.2 Å². The number of hydrogen-bond acceptors (Lipinski definition) is 3. The summed E-state index contributed by atoms with van der Waals surface area (Å²) in [5.41, 5.74) is 2.27. The van der Waals surface area contributed by atoms with Crippen LogP contribution in [0.4, 0.5) is 0 Å². The maximum absolute atomic E-state index is 11.1. The van der Waals surface area contributed by atoms with Crippen LogP contribution in [0.15, 0.2) is 40.1 Å². The van der Waals surface area contributed by atoms with Crippen molar-refractivity contribution in [3.8, 4) is 5.69 Å². The minimum Gasteiger partial charge on any atom is -0.298 e. The van der Waals surface area contributed by atoms with Crippen molar-refractivity contribution < 1.29 is 4.79 Å². The molecule has 0 radical (unpaired) electrons. The largest absolute Gasteiger partial charge is 0.298 e. The highest BCUT2D eigenvalue weighted by Gasteiger charge is 2.08. The van der Waals surface area contributed by atoms with Crippen LogP contribution in [0.5, 0.6) is 0 Å². The summed E-state index contributed by atoms with van der Waals surface area (Å²) in [7, 11) is 0. The molecule has 0 bridgehead atoms. The molecular formula is C12H10BrN3O. The average molecular weight is 292 g/mol. The van der Waals surface area contributed by atoms with Crippen LogP contribution in [0, 0.1) is 0 Å². The molecular weight excluding hydrogens is 282 g/mol. The highest BCUT2D eigenvalue weighted by molar-refractivity contribution is 9.10. The minimum absolute atomic E-state index is 0.518. The smallest absolute Gasteiger partial charge is 0.153 e. The van der Waals surface area contributed by atoms with E-state index in [1.54, 1.807) is 10.9 Å². The lowest BCUT2D eigenvalue weighted by atomic mass is 10.2. The number of nitrogens with zero attached hydrogens (tertiary/aromatic N) is 3. The van der Waals surface area contributed by atoms with E-state index in [0.717, 1.165) is 22.0 Å². The second-order valence-corrected chi connectivity index (χ2v) is 4.32. The minimum atomic E-state index is 0.518. The Morgan fingerprint density at radius 3 is 3.06 bits per heavy atom. The third-order valence-corrected chi connectivity index (χ3v) is 3.02. The van der Waals surface area contributed by atoms with Crippen molar-refractivity contribution in [3.63, 3.8) is 0 Å². The van der Waals surface area contributed by atoms with Crippen molar-refractivity contribution in [2.45, 2.75) is 6.54 Å². The van der Waals surface area contributed by atoms with Gasteiger partial charge < -0.3 is 0 Å². The van der Waals surface area contributed by atoms with Crippen LogP contribution in [-0.4, -0.2) is 22.8 Å². The maximum atomic E-state index is 11.1. The summed E-state index contributed by atoms with van der Waals surface area (Å²) in [6.07, 6.45) is 4.36. The van der Waals surface area contributed by atoms with Gasteiger partial charge in [-0.25, -0.2) is 4.68 Å². The topological polar surface area (TPSA) is 47.2 Å². The van der Waals surface area contributed by atoms with Gasteiger partial charge in [-0.05, 0) is 34.8 Å². The summed E-state index contributed by atoms with van der Waals surface area (Å²) in [6.45, 7) is 3.95. The van der Waals surface area contributed by atoms with E-state index in [-0.39, 0.29) is 0 Å². The molecule has 4 nitrogen and oxygen atoms in total. The number of rotatable bonds is 4. The van der Waals surface area contributed by atoms with Gasteiger partial charge in [-0.2, -0.15) is 5.10 Å². The SMILES string of the molecule is C=NCc1cnn(-c2cccc(Br)c2C=O)c1. The fourth-order valence-electron chi connectivity index (χ4n) is 1.54. The van der Waals surface area contributed by atoms with Gasteiger partial charge in [-0.3, -0.25) is 9.79 Å². The fourth-order valence-corrected chi connectivity index (χ4v) is 1.99. The number of carbonyl (C=O) groups is 1. The zero-order chi connectivity index (χ0) is 12.3. The van der Waals surface area contributed by atoms with Crippen LogP contribution in [0.2, 0.25) is 0 Å². The van der Waals surface area contributed by atoms with Crippen LogP contribution >= 0.6 is 15.9 Å². The van der Waals surface area contributed by atoms with Crippen molar-refractivity contribution in [1.29, 1.82) is 0 Å². The molecule has 5 heteroatoms. The lowest BCUT2D eigenvalue weighted by Gasteiger charge is -2.05. The first-order chi connectivity index (χ1) is 8.26. The summed E-state index contributed by atoms with van der Waals surface area (Å²) in [4.78, 5) is 14.8. The summed E-state index contributed by atoms with van der Waals surface area (Å²) in [5, 5.41) is 4.20. The standard InChI is InChI=1S/C12H10BrN3O/c1-14-5-9-6-15-16(7-9)12-4-2-3-11(13)10(12)8-17/h2-4,6-8H,1,5H2. The summed E-state index contributed by atoms with van der Waals surface area (Å²) >= 11 is 3.34. The van der Waals surface area contributed by atoms with E-state index >= 15 is 0 Å². The van der Waals surface area contributed by atoms with Gasteiger partial charge in [0.05, 0.1) is 24.0 Å². The van der Waals surface area contributed by atoms with Gasteiger partial charge in [0, 0.05) is 16.2 Å². The molecule has 0 saturated carbocycles. The number of carbonyl (C=O) groups excluding carboxylic acids is 1. The lowest BCUT2D eigenvalue weighted by Crippen LogP contribution is -2.00. The first kappa shape index (κ1) is 11.7. The third-order valence-electron chi connectivity index (χ3n) is 2.33. The number of aromatic nitrogens is 2. The van der Waals surface area contributed by atoms with E-state index in [2.05, 4.69) is 32.7 Å². The van der Waals surface area contributed by atoms with E-state index in [1.165, 1.54) is 0 Å². The van der Waals surface area contributed by atoms with Gasteiger partial charge in [0.25, 0.3) is 0 Å². The van der Waals surface area contributed by atoms with Gasteiger partial charge in [-0.15, -0.1) is 0 Å². The molecule has 2 aromatic rings. The van der Waals surface area contributed by atoms with Crippen LogP contribution in [0.3, 0.4) is 0 Å². The molecule has 0 aliphatic rings. The molecule has 1 aromatic carbocycles. The molecule has 0 amide bonds. The van der Waals surface area contributed by atoms with Crippen LogP contribution < -0.4 is 0 Å². The Labute approximate surface area is 107 Å². The molecule has 0 unspecified atom stereocenters. The quantitative estimate of drug-likeness (QED) is 0.642. The van der Waals surface area contributed by atoms with Gasteiger partial charge >= 0.3 is 0 Å². The van der Waals surface area contributed by atoms with Crippen LogP contribution in [0.25, 0.3) is 5.69 Å². The van der Waals surface area contributed by atoms with Crippen LogP contribution in [-0.2, 0) is 6.54 Å². The normalized spacial score (nSPS) is 10.2. The molecule has 17 heavy (non-hydrogen) atoms. The number of halogens is 1. The molecule has 1 aromatic heterocycles. The summed E-state index contributed by atoms with van der Waals surface area (Å²) in [5.74, 6) is 0. The van der Waals surface area contributed by atoms with E-state index in [0.29, 0.717) is 12.1 Å². The molecule has 86 valence electrons. The van der Waals surface area contributed by atoms with Crippen molar-refractivity contribution in [2.75, 3.05) is 0 Å². The Hall–Kier alpha value is -1.75. The first-order valence-corrected chi connectivity index (χ1v) is 5.75. The molecule has 1 heterocycles. The predicted octanol–water partition coefficient (Wildman–Crippen LogP) is 2.65. The highest BCUT2D eigenvalue weighted by atomic mass is 79.9. The molecule has 0 spiro atoms. The Bertz CT molecular complexity index is 563. The number of aldehydes is 1. The third kappa shape index (κ3) is 2.34. The fraction of sp³-hybridized carbons (Fsp3) is 0.0833. The summed E-state index contributed by atoms with van der Waals surface area (Å²) < 4.78 is 2.42. The van der Waals surface area contributed by atoms with Gasteiger partial charge in [0.2, 0.25) is 0 Å². The highest BCUT2D eigenvalue weighted by Crippen LogP contribution is 2.21. The molecule has 0 N–H and O–H groups in total. The van der Waals surface area contributed by atoms with Gasteiger partial charge in [-0.1, -0.05) is 6.07 Å². The molecule has 0 atom stereocenters. The Morgan fingerprint density at radius 2 is 2.35 bits per heavy atom. The van der Waals surface area contributed by atoms with E-state index in [4.69, 9.17) is 0 Å². The van der Waals surface area contributed by atoms with Crippen molar-refractivity contribution in [1.82, 2.24) is 9.78 Å². The molecule has 2 rings (SSSR count). The van der Waals surface area contributed by atoms with Gasteiger partial charge in [0.15, 0.2) is 6.29 Å². The zero-order valence-corrected chi connectivity index (χ0v) is 10.6. The summed E-state index contributed by atoms with van der Waals surface area (Å²) in [6, 6.07) is 5.52. The second kappa shape index (κ2) is 5.05. The molecule has 0 saturated heterocycles. The van der Waals surface area contributed by atoms with E-state index in [1.807, 2.05) is 24.4 Å². The number of hydrogen-bond donors (Lipinski definition) is 0. The lowest BCUT2D eigenvalue weighted by molar-refractivity contribution is 0.112. The zero-order valence-electron chi connectivity index (χ0n) is 9.01. The molecule has 0 aliphatic carbocycles. The number of benzene rings is 1. The van der Waals surface area contributed by atoms with Crippen LogP contribution in [0.1, 0.15) is 15.9 Å². The maximum Gasteiger partial charge on any atom is 0.153 e.